The van der Waals surface area contributed by atoms with Crippen molar-refractivity contribution in [2.45, 2.75) is 117 Å². The maximum Gasteiger partial charge on any atom is 1.00 e. The van der Waals surface area contributed by atoms with Gasteiger partial charge in [0.15, 0.2) is 0 Å². The number of hydrogen-bond acceptors (Lipinski definition) is 10. The molecule has 1 aliphatic heterocycles. The fourth-order valence-electron chi connectivity index (χ4n) is 10.4. The van der Waals surface area contributed by atoms with Crippen LogP contribution < -0.4 is 64.4 Å². The predicted molar refractivity (Wildman–Crippen MR) is 175 cm³/mol. The third kappa shape index (κ3) is 10.2. The maximum absolute atomic E-state index is 12.1. The first kappa shape index (κ1) is 44.0. The molecule has 0 spiro atoms. The van der Waals surface area contributed by atoms with Gasteiger partial charge in [-0.1, -0.05) is 58.4 Å². The van der Waals surface area contributed by atoms with Crippen LogP contribution in [0.4, 0.5) is 0 Å². The third-order valence-electron chi connectivity index (χ3n) is 12.7. The Hall–Kier alpha value is 0.650. The van der Waals surface area contributed by atoms with Crippen LogP contribution in [0.3, 0.4) is 0 Å². The molecular formula is C34H54N2Na2O9S2. The average molecular weight is 745 g/mol. The second-order valence-corrected chi connectivity index (χ2v) is 17.8. The predicted octanol–water partition coefficient (Wildman–Crippen LogP) is -1.31. The van der Waals surface area contributed by atoms with E-state index in [-0.39, 0.29) is 117 Å². The second kappa shape index (κ2) is 17.4. The number of rotatable bonds is 13. The Bertz CT molecular complexity index is 1440. The van der Waals surface area contributed by atoms with E-state index in [0.717, 1.165) is 77.4 Å². The Kier molecular flexibility index (Phi) is 15.7. The van der Waals surface area contributed by atoms with E-state index in [9.17, 15) is 30.7 Å². The zero-order chi connectivity index (χ0) is 34.4. The Morgan fingerprint density at radius 3 is 2.33 bits per heavy atom. The summed E-state index contributed by atoms with van der Waals surface area (Å²) in [5.41, 5.74) is 0.955. The summed E-state index contributed by atoms with van der Waals surface area (Å²) in [5, 5.41) is 3.68. The van der Waals surface area contributed by atoms with E-state index in [4.69, 9.17) is 8.37 Å². The molecule has 3 saturated carbocycles. The monoisotopic (exact) mass is 744 g/mol. The first-order valence-corrected chi connectivity index (χ1v) is 20.3. The summed E-state index contributed by atoms with van der Waals surface area (Å²) in [7, 11) is -9.78. The minimum absolute atomic E-state index is 0. The van der Waals surface area contributed by atoms with Crippen molar-refractivity contribution in [3.05, 3.63) is 23.8 Å². The van der Waals surface area contributed by atoms with Crippen molar-refractivity contribution in [3.8, 4) is 0 Å². The van der Waals surface area contributed by atoms with Gasteiger partial charge in [0.1, 0.15) is 0 Å². The van der Waals surface area contributed by atoms with Crippen molar-refractivity contribution in [2.75, 3.05) is 19.6 Å². The van der Waals surface area contributed by atoms with Crippen molar-refractivity contribution in [3.63, 3.8) is 0 Å². The molecule has 11 nitrogen and oxygen atoms in total. The molecule has 0 aromatic heterocycles. The van der Waals surface area contributed by atoms with Crippen LogP contribution in [-0.2, 0) is 34.0 Å². The molecule has 0 unspecified atom stereocenters. The van der Waals surface area contributed by atoms with E-state index in [1.807, 2.05) is 17.1 Å². The smallest absolute Gasteiger partial charge is 0.726 e. The first-order chi connectivity index (χ1) is 21.9. The van der Waals surface area contributed by atoms with Crippen molar-refractivity contribution >= 4 is 26.7 Å². The standard InChI is InChI=1S/C34H56N2O9S2.2Na/c1-22(2)29(44-46(38,39)40)12-9-23(3)26-10-11-27-32-28(14-16-34(26,27)5)33(4)15-13-25(20-24(33)21-30(32)45-47(41,42)43)35-17-7-19-36-18-6-8-31(36)37;;/h9,12,21-23,25-30,32,35H,6-8,10-11,13-20H2,1-5H3,(H,38,39,40)(H,41,42,43);;/q;2*+1/p-2/b12-9+;;/t23-,25+,26-,27+,28+,29+,30-,32+,33+,34-;;/m1../s1. The Morgan fingerprint density at radius 1 is 1.00 bits per heavy atom. The van der Waals surface area contributed by atoms with Gasteiger partial charge in [0, 0.05) is 25.6 Å². The van der Waals surface area contributed by atoms with Crippen LogP contribution in [0.15, 0.2) is 23.8 Å². The van der Waals surface area contributed by atoms with Crippen LogP contribution >= 0.6 is 0 Å². The molecule has 1 heterocycles. The maximum atomic E-state index is 12.1. The summed E-state index contributed by atoms with van der Waals surface area (Å²) in [6.45, 7) is 12.7. The summed E-state index contributed by atoms with van der Waals surface area (Å²) >= 11 is 0. The van der Waals surface area contributed by atoms with Gasteiger partial charge in [-0.25, -0.2) is 16.8 Å². The van der Waals surface area contributed by atoms with Gasteiger partial charge < -0.3 is 19.3 Å². The van der Waals surface area contributed by atoms with Crippen molar-refractivity contribution < 1.29 is 98.2 Å². The minimum atomic E-state index is -4.94. The zero-order valence-electron chi connectivity index (χ0n) is 30.6. The molecule has 49 heavy (non-hydrogen) atoms. The second-order valence-electron chi connectivity index (χ2n) is 15.8. The number of likely N-dealkylation sites (tertiary alicyclic amines) is 1. The first-order valence-electron chi connectivity index (χ1n) is 17.6. The number of allylic oxidation sites excluding steroid dienone is 1. The van der Waals surface area contributed by atoms with Gasteiger partial charge >= 0.3 is 59.1 Å². The Labute approximate surface area is 339 Å². The van der Waals surface area contributed by atoms with Crippen LogP contribution in [0.25, 0.3) is 0 Å². The molecule has 15 heteroatoms. The average Bonchev–Trinajstić information content (AvgIpc) is 3.54. The summed E-state index contributed by atoms with van der Waals surface area (Å²) < 4.78 is 80.4. The molecule has 0 aromatic rings. The number of hydrogen-bond donors (Lipinski definition) is 1. The molecule has 1 saturated heterocycles. The fourth-order valence-corrected chi connectivity index (χ4v) is 11.4. The number of carbonyl (C=O) groups is 1. The topological polar surface area (TPSA) is 165 Å². The van der Waals surface area contributed by atoms with Crippen LogP contribution in [0, 0.1) is 46.3 Å². The van der Waals surface area contributed by atoms with Crippen LogP contribution in [-0.4, -0.2) is 74.6 Å². The van der Waals surface area contributed by atoms with Gasteiger partial charge in [0.05, 0.1) is 12.2 Å². The number of fused-ring (bicyclic) bond motifs is 5. The SMILES string of the molecule is CC(C)[C@H](/C=C/[C@@H](C)[C@H]1CC[C@H]2[C@@H]3[C@H](OS(=O)(=O)[O-])C=C4C[C@@H](NCCCN5CCCC5=O)CC[C@]4(C)[C@H]3CC[C@]12C)OS(=O)(=O)[O-].[Na+].[Na+]. The van der Waals surface area contributed by atoms with Crippen molar-refractivity contribution in [2.24, 2.45) is 46.3 Å². The minimum Gasteiger partial charge on any atom is -0.726 e. The van der Waals surface area contributed by atoms with Gasteiger partial charge in [0.2, 0.25) is 26.7 Å². The number of amides is 1. The van der Waals surface area contributed by atoms with Crippen LogP contribution in [0.5, 0.6) is 0 Å². The van der Waals surface area contributed by atoms with Crippen LogP contribution in [0.1, 0.15) is 98.8 Å². The molecule has 1 amide bonds. The Morgan fingerprint density at radius 2 is 1.71 bits per heavy atom. The molecule has 0 radical (unpaired) electrons. The van der Waals surface area contributed by atoms with Gasteiger partial charge in [-0.05, 0) is 111 Å². The van der Waals surface area contributed by atoms with E-state index in [0.29, 0.717) is 6.42 Å². The molecule has 1 N–H and O–H groups in total. The summed E-state index contributed by atoms with van der Waals surface area (Å²) in [5.74, 6) is 0.606. The molecule has 0 bridgehead atoms. The van der Waals surface area contributed by atoms with Gasteiger partial charge in [0.25, 0.3) is 0 Å². The molecule has 0 aromatic carbocycles. The molecule has 5 rings (SSSR count). The number of carbonyl (C=O) groups excluding carboxylic acids is 1. The van der Waals surface area contributed by atoms with E-state index in [1.165, 1.54) is 5.57 Å². The number of nitrogens with one attached hydrogen (secondary N) is 1. The van der Waals surface area contributed by atoms with Crippen molar-refractivity contribution in [1.82, 2.24) is 10.2 Å². The van der Waals surface area contributed by atoms with Gasteiger partial charge in [-0.2, -0.15) is 0 Å². The zero-order valence-corrected chi connectivity index (χ0v) is 36.2. The summed E-state index contributed by atoms with van der Waals surface area (Å²) in [6.07, 6.45) is 12.9. The third-order valence-corrected chi connectivity index (χ3v) is 13.7. The van der Waals surface area contributed by atoms with E-state index < -0.39 is 33.0 Å². The molecular weight excluding hydrogens is 690 g/mol. The normalized spacial score (nSPS) is 36.0. The van der Waals surface area contributed by atoms with Gasteiger partial charge in [-0.15, -0.1) is 0 Å². The molecule has 10 atom stereocenters. The quantitative estimate of drug-likeness (QED) is 0.0788. The summed E-state index contributed by atoms with van der Waals surface area (Å²) in [6, 6.07) is 0.247. The molecule has 5 aliphatic rings. The van der Waals surface area contributed by atoms with Crippen molar-refractivity contribution in [1.29, 1.82) is 0 Å². The largest absolute Gasteiger partial charge is 1.00 e. The van der Waals surface area contributed by atoms with E-state index >= 15 is 0 Å². The fraction of sp³-hybridized carbons (Fsp3) is 0.853. The number of nitrogens with zero attached hydrogens (tertiary/aromatic N) is 1. The van der Waals surface area contributed by atoms with Crippen LogP contribution in [0.2, 0.25) is 0 Å². The Balaban J connectivity index is 0.00000325. The molecule has 4 fully saturated rings. The molecule has 4 aliphatic carbocycles. The molecule has 268 valence electrons. The van der Waals surface area contributed by atoms with Gasteiger partial charge in [-0.3, -0.25) is 13.2 Å². The van der Waals surface area contributed by atoms with E-state index in [1.54, 1.807) is 19.9 Å². The summed E-state index contributed by atoms with van der Waals surface area (Å²) in [4.78, 5) is 13.9. The van der Waals surface area contributed by atoms with E-state index in [2.05, 4.69) is 26.1 Å².